The molecular weight excluding hydrogens is 208 g/mol. The molecule has 17 heavy (non-hydrogen) atoms. The van der Waals surface area contributed by atoms with Crippen LogP contribution in [0.5, 0.6) is 0 Å². The van der Waals surface area contributed by atoms with Gasteiger partial charge in [-0.15, -0.1) is 0 Å². The monoisotopic (exact) mass is 232 g/mol. The van der Waals surface area contributed by atoms with Gasteiger partial charge in [0.2, 0.25) is 0 Å². The van der Waals surface area contributed by atoms with Crippen LogP contribution in [0.15, 0.2) is 24.5 Å². The minimum atomic E-state index is 0.642. The zero-order valence-electron chi connectivity index (χ0n) is 11.0. The SMILES string of the molecule is CC(C)C1CCCC(Nc2cccnc2)CC1. The van der Waals surface area contributed by atoms with Crippen molar-refractivity contribution in [2.24, 2.45) is 11.8 Å². The summed E-state index contributed by atoms with van der Waals surface area (Å²) < 4.78 is 0. The average molecular weight is 232 g/mol. The van der Waals surface area contributed by atoms with Gasteiger partial charge in [0.1, 0.15) is 0 Å². The number of nitrogens with one attached hydrogen (secondary N) is 1. The van der Waals surface area contributed by atoms with E-state index in [9.17, 15) is 0 Å². The lowest BCUT2D eigenvalue weighted by atomic mass is 9.89. The fraction of sp³-hybridized carbons (Fsp3) is 0.667. The van der Waals surface area contributed by atoms with Crippen molar-refractivity contribution in [3.63, 3.8) is 0 Å². The second-order valence-electron chi connectivity index (χ2n) is 5.60. The molecule has 1 saturated carbocycles. The Bertz CT molecular complexity index is 321. The third-order valence-electron chi connectivity index (χ3n) is 3.99. The van der Waals surface area contributed by atoms with Crippen molar-refractivity contribution in [3.05, 3.63) is 24.5 Å². The highest BCUT2D eigenvalue weighted by atomic mass is 14.9. The van der Waals surface area contributed by atoms with E-state index in [1.165, 1.54) is 37.8 Å². The van der Waals surface area contributed by atoms with E-state index in [0.29, 0.717) is 6.04 Å². The van der Waals surface area contributed by atoms with Crippen molar-refractivity contribution < 1.29 is 0 Å². The number of rotatable bonds is 3. The first-order chi connectivity index (χ1) is 8.25. The van der Waals surface area contributed by atoms with Gasteiger partial charge in [-0.25, -0.2) is 0 Å². The van der Waals surface area contributed by atoms with Gasteiger partial charge in [0, 0.05) is 18.4 Å². The summed E-state index contributed by atoms with van der Waals surface area (Å²) in [7, 11) is 0. The Balaban J connectivity index is 1.87. The minimum Gasteiger partial charge on any atom is -0.381 e. The molecule has 1 aliphatic rings. The second-order valence-corrected chi connectivity index (χ2v) is 5.60. The molecule has 1 aromatic heterocycles. The highest BCUT2D eigenvalue weighted by molar-refractivity contribution is 5.40. The summed E-state index contributed by atoms with van der Waals surface area (Å²) in [6, 6.07) is 4.75. The number of pyridine rings is 1. The van der Waals surface area contributed by atoms with Gasteiger partial charge in [-0.3, -0.25) is 4.98 Å². The Morgan fingerprint density at radius 1 is 1.24 bits per heavy atom. The van der Waals surface area contributed by atoms with Crippen LogP contribution in [-0.2, 0) is 0 Å². The van der Waals surface area contributed by atoms with Gasteiger partial charge in [0.25, 0.3) is 0 Å². The molecule has 0 radical (unpaired) electrons. The lowest BCUT2D eigenvalue weighted by Gasteiger charge is -2.19. The van der Waals surface area contributed by atoms with Crippen molar-refractivity contribution >= 4 is 5.69 Å². The molecular formula is C15H24N2. The molecule has 0 amide bonds. The van der Waals surface area contributed by atoms with Crippen LogP contribution in [0.3, 0.4) is 0 Å². The van der Waals surface area contributed by atoms with E-state index >= 15 is 0 Å². The smallest absolute Gasteiger partial charge is 0.0528 e. The van der Waals surface area contributed by atoms with E-state index < -0.39 is 0 Å². The fourth-order valence-corrected chi connectivity index (χ4v) is 2.83. The molecule has 1 heterocycles. The minimum absolute atomic E-state index is 0.642. The van der Waals surface area contributed by atoms with Crippen molar-refractivity contribution in [2.75, 3.05) is 5.32 Å². The van der Waals surface area contributed by atoms with E-state index in [2.05, 4.69) is 30.2 Å². The first-order valence-electron chi connectivity index (χ1n) is 6.92. The molecule has 2 atom stereocenters. The highest BCUT2D eigenvalue weighted by Crippen LogP contribution is 2.29. The van der Waals surface area contributed by atoms with E-state index in [-0.39, 0.29) is 0 Å². The molecule has 2 nitrogen and oxygen atoms in total. The molecule has 1 aliphatic carbocycles. The molecule has 0 aliphatic heterocycles. The predicted octanol–water partition coefficient (Wildman–Crippen LogP) is 4.10. The van der Waals surface area contributed by atoms with Gasteiger partial charge in [0.05, 0.1) is 5.69 Å². The average Bonchev–Trinajstić information content (AvgIpc) is 2.56. The van der Waals surface area contributed by atoms with E-state index in [1.807, 2.05) is 18.5 Å². The Labute approximate surface area is 105 Å². The molecule has 0 aromatic carbocycles. The number of nitrogens with zero attached hydrogens (tertiary/aromatic N) is 1. The summed E-state index contributed by atoms with van der Waals surface area (Å²) in [5.74, 6) is 1.77. The van der Waals surface area contributed by atoms with Crippen LogP contribution in [0.1, 0.15) is 46.0 Å². The maximum Gasteiger partial charge on any atom is 0.0528 e. The normalized spacial score (nSPS) is 25.6. The summed E-state index contributed by atoms with van der Waals surface area (Å²) in [5, 5.41) is 3.62. The molecule has 94 valence electrons. The molecule has 1 fully saturated rings. The van der Waals surface area contributed by atoms with Crippen LogP contribution in [0.25, 0.3) is 0 Å². The number of hydrogen-bond donors (Lipinski definition) is 1. The van der Waals surface area contributed by atoms with Gasteiger partial charge in [-0.05, 0) is 43.2 Å². The van der Waals surface area contributed by atoms with Gasteiger partial charge >= 0.3 is 0 Å². The standard InChI is InChI=1S/C15H24N2/c1-12(2)13-5-3-6-14(9-8-13)17-15-7-4-10-16-11-15/h4,7,10-14,17H,3,5-6,8-9H2,1-2H3. The maximum atomic E-state index is 4.15. The lowest BCUT2D eigenvalue weighted by Crippen LogP contribution is -2.18. The van der Waals surface area contributed by atoms with Crippen molar-refractivity contribution in [2.45, 2.75) is 52.0 Å². The van der Waals surface area contributed by atoms with Crippen LogP contribution >= 0.6 is 0 Å². The molecule has 2 unspecified atom stereocenters. The van der Waals surface area contributed by atoms with Gasteiger partial charge in [-0.1, -0.05) is 26.7 Å². The third kappa shape index (κ3) is 3.72. The number of aromatic nitrogens is 1. The third-order valence-corrected chi connectivity index (χ3v) is 3.99. The Morgan fingerprint density at radius 3 is 2.82 bits per heavy atom. The first kappa shape index (κ1) is 12.4. The zero-order valence-corrected chi connectivity index (χ0v) is 11.0. The number of anilines is 1. The fourth-order valence-electron chi connectivity index (χ4n) is 2.83. The zero-order chi connectivity index (χ0) is 12.1. The predicted molar refractivity (Wildman–Crippen MR) is 73.1 cm³/mol. The Hall–Kier alpha value is -1.05. The highest BCUT2D eigenvalue weighted by Gasteiger charge is 2.20. The van der Waals surface area contributed by atoms with E-state index in [1.54, 1.807) is 0 Å². The summed E-state index contributed by atoms with van der Waals surface area (Å²) in [4.78, 5) is 4.15. The molecule has 0 spiro atoms. The maximum absolute atomic E-state index is 4.15. The summed E-state index contributed by atoms with van der Waals surface area (Å²) in [6.45, 7) is 4.72. The molecule has 2 rings (SSSR count). The number of hydrogen-bond acceptors (Lipinski definition) is 2. The second kappa shape index (κ2) is 6.04. The van der Waals surface area contributed by atoms with Gasteiger partial charge in [0.15, 0.2) is 0 Å². The first-order valence-corrected chi connectivity index (χ1v) is 6.92. The molecule has 0 bridgehead atoms. The topological polar surface area (TPSA) is 24.9 Å². The van der Waals surface area contributed by atoms with Crippen LogP contribution in [0.2, 0.25) is 0 Å². The van der Waals surface area contributed by atoms with Crippen molar-refractivity contribution in [3.8, 4) is 0 Å². The summed E-state index contributed by atoms with van der Waals surface area (Å²) in [5.41, 5.74) is 1.17. The quantitative estimate of drug-likeness (QED) is 0.794. The van der Waals surface area contributed by atoms with Crippen LogP contribution in [-0.4, -0.2) is 11.0 Å². The van der Waals surface area contributed by atoms with Crippen molar-refractivity contribution in [1.82, 2.24) is 4.98 Å². The van der Waals surface area contributed by atoms with E-state index in [0.717, 1.165) is 11.8 Å². The van der Waals surface area contributed by atoms with Crippen LogP contribution in [0.4, 0.5) is 5.69 Å². The molecule has 0 saturated heterocycles. The van der Waals surface area contributed by atoms with Crippen LogP contribution < -0.4 is 5.32 Å². The largest absolute Gasteiger partial charge is 0.381 e. The summed E-state index contributed by atoms with van der Waals surface area (Å²) >= 11 is 0. The summed E-state index contributed by atoms with van der Waals surface area (Å²) in [6.07, 6.45) is 10.5. The van der Waals surface area contributed by atoms with Crippen molar-refractivity contribution in [1.29, 1.82) is 0 Å². The molecule has 1 N–H and O–H groups in total. The van der Waals surface area contributed by atoms with Gasteiger partial charge < -0.3 is 5.32 Å². The Kier molecular flexibility index (Phi) is 4.41. The molecule has 1 aromatic rings. The van der Waals surface area contributed by atoms with Crippen LogP contribution in [0, 0.1) is 11.8 Å². The lowest BCUT2D eigenvalue weighted by molar-refractivity contribution is 0.341. The molecule has 2 heteroatoms. The van der Waals surface area contributed by atoms with E-state index in [4.69, 9.17) is 0 Å². The Morgan fingerprint density at radius 2 is 2.12 bits per heavy atom. The van der Waals surface area contributed by atoms with Gasteiger partial charge in [-0.2, -0.15) is 0 Å².